The van der Waals surface area contributed by atoms with Crippen LogP contribution in [0.5, 0.6) is 0 Å². The molecule has 0 spiro atoms. The molecule has 0 heterocycles. The van der Waals surface area contributed by atoms with Crippen LogP contribution in [-0.4, -0.2) is 18.5 Å². The molecule has 29 heavy (non-hydrogen) atoms. The number of nitrogens with one attached hydrogen (secondary N) is 1. The first-order valence-corrected chi connectivity index (χ1v) is 9.89. The van der Waals surface area contributed by atoms with Crippen LogP contribution in [0.4, 0.5) is 5.69 Å². The fraction of sp³-hybridized carbons (Fsp3) is 0.200. The lowest BCUT2D eigenvalue weighted by Gasteiger charge is -2.17. The van der Waals surface area contributed by atoms with Gasteiger partial charge in [-0.25, -0.2) is 0 Å². The van der Waals surface area contributed by atoms with Crippen LogP contribution in [0.1, 0.15) is 34.6 Å². The van der Waals surface area contributed by atoms with E-state index in [9.17, 15) is 9.59 Å². The molecule has 4 rings (SSSR count). The number of fused-ring (bicyclic) bond motifs is 1. The lowest BCUT2D eigenvalue weighted by molar-refractivity contribution is -0.147. The highest BCUT2D eigenvalue weighted by Gasteiger charge is 2.24. The van der Waals surface area contributed by atoms with E-state index in [0.717, 1.165) is 36.1 Å². The van der Waals surface area contributed by atoms with Crippen LogP contribution in [0.3, 0.4) is 0 Å². The number of hydrogen-bond donors (Lipinski definition) is 1. The van der Waals surface area contributed by atoms with E-state index >= 15 is 0 Å². The molecule has 0 atom stereocenters. The van der Waals surface area contributed by atoms with Crippen molar-refractivity contribution in [2.45, 2.75) is 25.2 Å². The molecule has 146 valence electrons. The smallest absolute Gasteiger partial charge is 0.318 e. The van der Waals surface area contributed by atoms with Crippen LogP contribution in [0, 0.1) is 0 Å². The second kappa shape index (κ2) is 8.74. The number of carbonyl (C=O) groups excluding carboxylic acids is 2. The fourth-order valence-electron chi connectivity index (χ4n) is 3.82. The molecule has 3 aromatic carbocycles. The van der Waals surface area contributed by atoms with Gasteiger partial charge in [0.25, 0.3) is 5.91 Å². The molecule has 3 aromatic rings. The van der Waals surface area contributed by atoms with Crippen LogP contribution in [0.2, 0.25) is 0 Å². The van der Waals surface area contributed by atoms with Crippen molar-refractivity contribution >= 4 is 17.6 Å². The quantitative estimate of drug-likeness (QED) is 0.636. The molecule has 0 bridgehead atoms. The third kappa shape index (κ3) is 4.54. The molecule has 1 amide bonds. The first kappa shape index (κ1) is 18.9. The summed E-state index contributed by atoms with van der Waals surface area (Å²) in [5.41, 5.74) is 5.05. The summed E-state index contributed by atoms with van der Waals surface area (Å²) >= 11 is 0. The van der Waals surface area contributed by atoms with Gasteiger partial charge in [0, 0.05) is 5.69 Å². The van der Waals surface area contributed by atoms with Crippen molar-refractivity contribution < 1.29 is 14.3 Å². The summed E-state index contributed by atoms with van der Waals surface area (Å²) in [5, 5.41) is 2.83. The van der Waals surface area contributed by atoms with E-state index < -0.39 is 11.9 Å². The number of amides is 1. The zero-order valence-electron chi connectivity index (χ0n) is 16.1. The summed E-state index contributed by atoms with van der Waals surface area (Å²) in [6, 6.07) is 24.9. The Morgan fingerprint density at radius 2 is 1.45 bits per heavy atom. The standard InChI is InChI=1S/C25H23NO3/c27-23(26-22-15-14-18-12-7-13-21(18)16-22)17-29-25(28)24(19-8-3-1-4-9-19)20-10-5-2-6-11-20/h1-6,8-11,14-16,24H,7,12-13,17H2,(H,26,27). The first-order chi connectivity index (χ1) is 14.2. The number of hydrogen-bond acceptors (Lipinski definition) is 3. The highest BCUT2D eigenvalue weighted by Crippen LogP contribution is 2.26. The van der Waals surface area contributed by atoms with E-state index in [1.54, 1.807) is 0 Å². The Hall–Kier alpha value is -3.40. The van der Waals surface area contributed by atoms with E-state index in [1.807, 2.05) is 72.8 Å². The number of esters is 1. The number of rotatable bonds is 6. The molecule has 0 aliphatic heterocycles. The predicted molar refractivity (Wildman–Crippen MR) is 113 cm³/mol. The Bertz CT molecular complexity index is 960. The molecular formula is C25H23NO3. The number of anilines is 1. The monoisotopic (exact) mass is 385 g/mol. The summed E-state index contributed by atoms with van der Waals surface area (Å²) in [4.78, 5) is 25.2. The SMILES string of the molecule is O=C(COC(=O)C(c1ccccc1)c1ccccc1)Nc1ccc2c(c1)CCC2. The van der Waals surface area contributed by atoms with Gasteiger partial charge in [-0.05, 0) is 53.6 Å². The van der Waals surface area contributed by atoms with Crippen LogP contribution in [0.25, 0.3) is 0 Å². The summed E-state index contributed by atoms with van der Waals surface area (Å²) in [5.74, 6) is -1.34. The Morgan fingerprint density at radius 3 is 2.10 bits per heavy atom. The topological polar surface area (TPSA) is 55.4 Å². The van der Waals surface area contributed by atoms with E-state index in [4.69, 9.17) is 4.74 Å². The summed E-state index contributed by atoms with van der Waals surface area (Å²) in [6.07, 6.45) is 3.30. The average Bonchev–Trinajstić information content (AvgIpc) is 3.22. The lowest BCUT2D eigenvalue weighted by Crippen LogP contribution is -2.24. The molecule has 0 saturated carbocycles. The van der Waals surface area contributed by atoms with Crippen molar-refractivity contribution in [1.82, 2.24) is 0 Å². The van der Waals surface area contributed by atoms with Crippen LogP contribution in [-0.2, 0) is 27.2 Å². The molecule has 1 N–H and O–H groups in total. The normalized spacial score (nSPS) is 12.4. The van der Waals surface area contributed by atoms with E-state index in [-0.39, 0.29) is 12.5 Å². The molecule has 4 nitrogen and oxygen atoms in total. The van der Waals surface area contributed by atoms with Gasteiger partial charge in [-0.2, -0.15) is 0 Å². The Labute approximate surface area is 170 Å². The Balaban J connectivity index is 1.42. The van der Waals surface area contributed by atoms with Gasteiger partial charge >= 0.3 is 5.97 Å². The lowest BCUT2D eigenvalue weighted by atomic mass is 9.91. The second-order valence-corrected chi connectivity index (χ2v) is 7.25. The maximum absolute atomic E-state index is 12.9. The molecule has 0 aromatic heterocycles. The largest absolute Gasteiger partial charge is 0.455 e. The van der Waals surface area contributed by atoms with Gasteiger partial charge in [0.15, 0.2) is 6.61 Å². The van der Waals surface area contributed by atoms with Gasteiger partial charge in [0.2, 0.25) is 0 Å². The molecule has 0 unspecified atom stereocenters. The van der Waals surface area contributed by atoms with Crippen LogP contribution in [0.15, 0.2) is 78.9 Å². The minimum atomic E-state index is -0.565. The molecule has 4 heteroatoms. The van der Waals surface area contributed by atoms with Gasteiger partial charge in [0.1, 0.15) is 5.92 Å². The van der Waals surface area contributed by atoms with Crippen molar-refractivity contribution in [3.63, 3.8) is 0 Å². The van der Waals surface area contributed by atoms with E-state index in [1.165, 1.54) is 11.1 Å². The number of carbonyl (C=O) groups is 2. The van der Waals surface area contributed by atoms with Gasteiger partial charge in [-0.1, -0.05) is 66.7 Å². The van der Waals surface area contributed by atoms with Gasteiger partial charge in [-0.3, -0.25) is 9.59 Å². The molecule has 0 saturated heterocycles. The highest BCUT2D eigenvalue weighted by molar-refractivity contribution is 5.93. The zero-order chi connectivity index (χ0) is 20.1. The minimum Gasteiger partial charge on any atom is -0.455 e. The molecule has 0 fully saturated rings. The van der Waals surface area contributed by atoms with Crippen molar-refractivity contribution in [1.29, 1.82) is 0 Å². The maximum atomic E-state index is 12.9. The van der Waals surface area contributed by atoms with E-state index in [2.05, 4.69) is 11.4 Å². The highest BCUT2D eigenvalue weighted by atomic mass is 16.5. The van der Waals surface area contributed by atoms with Crippen LogP contribution < -0.4 is 5.32 Å². The molecule has 0 radical (unpaired) electrons. The molecule has 1 aliphatic rings. The summed E-state index contributed by atoms with van der Waals surface area (Å²) in [6.45, 7) is -0.313. The minimum absolute atomic E-state index is 0.313. The maximum Gasteiger partial charge on any atom is 0.318 e. The number of ether oxygens (including phenoxy) is 1. The predicted octanol–water partition coefficient (Wildman–Crippen LogP) is 4.49. The average molecular weight is 385 g/mol. The summed E-state index contributed by atoms with van der Waals surface area (Å²) < 4.78 is 5.39. The van der Waals surface area contributed by atoms with Crippen molar-refractivity contribution in [2.24, 2.45) is 0 Å². The molecule has 1 aliphatic carbocycles. The second-order valence-electron chi connectivity index (χ2n) is 7.25. The van der Waals surface area contributed by atoms with Gasteiger partial charge < -0.3 is 10.1 Å². The van der Waals surface area contributed by atoms with Crippen molar-refractivity contribution in [3.05, 3.63) is 101 Å². The first-order valence-electron chi connectivity index (χ1n) is 9.89. The Kier molecular flexibility index (Phi) is 5.71. The third-order valence-corrected chi connectivity index (χ3v) is 5.23. The molecular weight excluding hydrogens is 362 g/mol. The van der Waals surface area contributed by atoms with Crippen LogP contribution >= 0.6 is 0 Å². The van der Waals surface area contributed by atoms with E-state index in [0.29, 0.717) is 0 Å². The third-order valence-electron chi connectivity index (χ3n) is 5.23. The van der Waals surface area contributed by atoms with Gasteiger partial charge in [-0.15, -0.1) is 0 Å². The fourth-order valence-corrected chi connectivity index (χ4v) is 3.82. The van der Waals surface area contributed by atoms with Crippen molar-refractivity contribution in [3.8, 4) is 0 Å². The van der Waals surface area contributed by atoms with Crippen molar-refractivity contribution in [2.75, 3.05) is 11.9 Å². The van der Waals surface area contributed by atoms with Gasteiger partial charge in [0.05, 0.1) is 0 Å². The zero-order valence-corrected chi connectivity index (χ0v) is 16.1. The number of benzene rings is 3. The number of aryl methyl sites for hydroxylation is 2. The Morgan fingerprint density at radius 1 is 0.828 bits per heavy atom. The summed E-state index contributed by atoms with van der Waals surface area (Å²) in [7, 11) is 0.